The lowest BCUT2D eigenvalue weighted by Crippen LogP contribution is -2.51. The first kappa shape index (κ1) is 7.80. The SMILES string of the molecule is C=C1C=NN(C2CC(C)(O)C2)C1. The first-order valence-corrected chi connectivity index (χ1v) is 4.28. The van der Waals surface area contributed by atoms with Crippen LogP contribution in [-0.2, 0) is 0 Å². The van der Waals surface area contributed by atoms with Crippen molar-refractivity contribution in [2.45, 2.75) is 31.4 Å². The minimum atomic E-state index is -0.454. The van der Waals surface area contributed by atoms with Crippen LogP contribution in [0.5, 0.6) is 0 Å². The Hall–Kier alpha value is -0.830. The fourth-order valence-electron chi connectivity index (χ4n) is 1.84. The summed E-state index contributed by atoms with van der Waals surface area (Å²) in [4.78, 5) is 0. The molecule has 0 spiro atoms. The van der Waals surface area contributed by atoms with Crippen LogP contribution in [0.15, 0.2) is 17.3 Å². The highest BCUT2D eigenvalue weighted by molar-refractivity contribution is 5.79. The largest absolute Gasteiger partial charge is 0.390 e. The predicted molar refractivity (Wildman–Crippen MR) is 48.0 cm³/mol. The molecule has 3 heteroatoms. The van der Waals surface area contributed by atoms with Crippen molar-refractivity contribution in [3.63, 3.8) is 0 Å². The minimum absolute atomic E-state index is 0.426. The molecule has 1 saturated carbocycles. The second kappa shape index (κ2) is 2.33. The summed E-state index contributed by atoms with van der Waals surface area (Å²) in [7, 11) is 0. The van der Waals surface area contributed by atoms with Gasteiger partial charge in [0.25, 0.3) is 0 Å². The van der Waals surface area contributed by atoms with E-state index in [4.69, 9.17) is 0 Å². The van der Waals surface area contributed by atoms with Crippen LogP contribution < -0.4 is 0 Å². The van der Waals surface area contributed by atoms with Gasteiger partial charge >= 0.3 is 0 Å². The molecule has 0 saturated heterocycles. The van der Waals surface area contributed by atoms with Crippen LogP contribution in [0.2, 0.25) is 0 Å². The highest BCUT2D eigenvalue weighted by Crippen LogP contribution is 2.36. The lowest BCUT2D eigenvalue weighted by atomic mass is 9.77. The van der Waals surface area contributed by atoms with Crippen LogP contribution in [0.3, 0.4) is 0 Å². The van der Waals surface area contributed by atoms with E-state index < -0.39 is 5.60 Å². The molecule has 0 atom stereocenters. The molecule has 66 valence electrons. The number of hydrogen-bond donors (Lipinski definition) is 1. The van der Waals surface area contributed by atoms with Crippen LogP contribution in [0.1, 0.15) is 19.8 Å². The van der Waals surface area contributed by atoms with E-state index in [2.05, 4.69) is 11.7 Å². The van der Waals surface area contributed by atoms with Gasteiger partial charge in [-0.2, -0.15) is 5.10 Å². The highest BCUT2D eigenvalue weighted by atomic mass is 16.3. The topological polar surface area (TPSA) is 35.8 Å². The third-order valence-electron chi connectivity index (χ3n) is 2.53. The Bertz CT molecular complexity index is 237. The molecule has 0 aromatic heterocycles. The second-order valence-corrected chi connectivity index (χ2v) is 4.06. The van der Waals surface area contributed by atoms with Gasteiger partial charge in [0.05, 0.1) is 24.4 Å². The lowest BCUT2D eigenvalue weighted by molar-refractivity contribution is -0.0739. The maximum Gasteiger partial charge on any atom is 0.0660 e. The van der Waals surface area contributed by atoms with E-state index in [9.17, 15) is 5.11 Å². The van der Waals surface area contributed by atoms with Crippen molar-refractivity contribution in [1.29, 1.82) is 0 Å². The van der Waals surface area contributed by atoms with Crippen LogP contribution >= 0.6 is 0 Å². The molecule has 1 aliphatic heterocycles. The van der Waals surface area contributed by atoms with E-state index in [0.29, 0.717) is 6.04 Å². The molecular formula is C9H14N2O. The molecule has 2 aliphatic rings. The van der Waals surface area contributed by atoms with Crippen molar-refractivity contribution in [2.24, 2.45) is 5.10 Å². The van der Waals surface area contributed by atoms with Gasteiger partial charge in [0.15, 0.2) is 0 Å². The molecule has 1 aliphatic carbocycles. The van der Waals surface area contributed by atoms with Gasteiger partial charge in [-0.3, -0.25) is 5.01 Å². The second-order valence-electron chi connectivity index (χ2n) is 4.06. The third kappa shape index (κ3) is 1.25. The molecule has 0 bridgehead atoms. The minimum Gasteiger partial charge on any atom is -0.390 e. The van der Waals surface area contributed by atoms with Crippen molar-refractivity contribution >= 4 is 6.21 Å². The fourth-order valence-corrected chi connectivity index (χ4v) is 1.84. The zero-order valence-electron chi connectivity index (χ0n) is 7.32. The number of aliphatic hydroxyl groups is 1. The average molecular weight is 166 g/mol. The molecule has 1 N–H and O–H groups in total. The number of rotatable bonds is 1. The Balaban J connectivity index is 1.90. The molecule has 2 rings (SSSR count). The molecule has 1 fully saturated rings. The predicted octanol–water partition coefficient (Wildman–Crippen LogP) is 0.757. The Morgan fingerprint density at radius 1 is 1.75 bits per heavy atom. The lowest BCUT2D eigenvalue weighted by Gasteiger charge is -2.44. The molecule has 0 amide bonds. The van der Waals surface area contributed by atoms with Crippen LogP contribution in [0, 0.1) is 0 Å². The highest BCUT2D eigenvalue weighted by Gasteiger charge is 2.42. The van der Waals surface area contributed by atoms with Crippen molar-refractivity contribution in [3.05, 3.63) is 12.2 Å². The van der Waals surface area contributed by atoms with Gasteiger partial charge < -0.3 is 5.11 Å². The molecule has 0 aromatic carbocycles. The first-order chi connectivity index (χ1) is 5.57. The van der Waals surface area contributed by atoms with E-state index in [1.807, 2.05) is 11.9 Å². The zero-order chi connectivity index (χ0) is 8.77. The van der Waals surface area contributed by atoms with E-state index in [0.717, 1.165) is 25.0 Å². The normalized spacial score (nSPS) is 40.3. The molecule has 0 unspecified atom stereocenters. The van der Waals surface area contributed by atoms with Gasteiger partial charge in [0.2, 0.25) is 0 Å². The van der Waals surface area contributed by atoms with Crippen molar-refractivity contribution in [3.8, 4) is 0 Å². The molecule has 12 heavy (non-hydrogen) atoms. The zero-order valence-corrected chi connectivity index (χ0v) is 7.32. The Labute approximate surface area is 72.4 Å². The Morgan fingerprint density at radius 2 is 2.42 bits per heavy atom. The molecular weight excluding hydrogens is 152 g/mol. The van der Waals surface area contributed by atoms with Gasteiger partial charge in [-0.1, -0.05) is 6.58 Å². The summed E-state index contributed by atoms with van der Waals surface area (Å²) >= 11 is 0. The average Bonchev–Trinajstić information content (AvgIpc) is 2.30. The van der Waals surface area contributed by atoms with Gasteiger partial charge in [0, 0.05) is 0 Å². The maximum atomic E-state index is 9.51. The standard InChI is InChI=1S/C9H14N2O/c1-7-5-10-11(6-7)8-3-9(2,12)4-8/h5,8,12H,1,3-4,6H2,2H3. The van der Waals surface area contributed by atoms with Crippen LogP contribution in [-0.4, -0.2) is 34.5 Å². The van der Waals surface area contributed by atoms with E-state index >= 15 is 0 Å². The Kier molecular flexibility index (Phi) is 1.51. The first-order valence-electron chi connectivity index (χ1n) is 4.28. The van der Waals surface area contributed by atoms with E-state index in [1.165, 1.54) is 0 Å². The monoisotopic (exact) mass is 166 g/mol. The summed E-state index contributed by atoms with van der Waals surface area (Å²) in [5.41, 5.74) is 0.603. The van der Waals surface area contributed by atoms with Crippen molar-refractivity contribution in [1.82, 2.24) is 5.01 Å². The molecule has 3 nitrogen and oxygen atoms in total. The molecule has 1 heterocycles. The third-order valence-corrected chi connectivity index (χ3v) is 2.53. The summed E-state index contributed by atoms with van der Waals surface area (Å²) in [6.45, 7) is 6.54. The molecule has 0 radical (unpaired) electrons. The van der Waals surface area contributed by atoms with E-state index in [-0.39, 0.29) is 0 Å². The fraction of sp³-hybridized carbons (Fsp3) is 0.667. The van der Waals surface area contributed by atoms with Crippen molar-refractivity contribution < 1.29 is 5.11 Å². The summed E-state index contributed by atoms with van der Waals surface area (Å²) < 4.78 is 0. The number of hydrazone groups is 1. The van der Waals surface area contributed by atoms with E-state index in [1.54, 1.807) is 6.21 Å². The van der Waals surface area contributed by atoms with Crippen LogP contribution in [0.4, 0.5) is 0 Å². The quantitative estimate of drug-likeness (QED) is 0.624. The van der Waals surface area contributed by atoms with Crippen LogP contribution in [0.25, 0.3) is 0 Å². The number of nitrogens with zero attached hydrogens (tertiary/aromatic N) is 2. The smallest absolute Gasteiger partial charge is 0.0660 e. The van der Waals surface area contributed by atoms with Gasteiger partial charge in [0.1, 0.15) is 0 Å². The van der Waals surface area contributed by atoms with Gasteiger partial charge in [-0.05, 0) is 25.3 Å². The Morgan fingerprint density at radius 3 is 2.83 bits per heavy atom. The molecule has 0 aromatic rings. The summed E-state index contributed by atoms with van der Waals surface area (Å²) in [5, 5.41) is 15.7. The number of hydrogen-bond acceptors (Lipinski definition) is 3. The maximum absolute atomic E-state index is 9.51. The van der Waals surface area contributed by atoms with Crippen molar-refractivity contribution in [2.75, 3.05) is 6.54 Å². The van der Waals surface area contributed by atoms with Gasteiger partial charge in [-0.15, -0.1) is 0 Å². The summed E-state index contributed by atoms with van der Waals surface area (Å²) in [6, 6.07) is 0.426. The summed E-state index contributed by atoms with van der Waals surface area (Å²) in [5.74, 6) is 0. The van der Waals surface area contributed by atoms with Gasteiger partial charge in [-0.25, -0.2) is 0 Å². The summed E-state index contributed by atoms with van der Waals surface area (Å²) in [6.07, 6.45) is 3.46.